The van der Waals surface area contributed by atoms with Crippen LogP contribution in [0.15, 0.2) is 23.8 Å². The zero-order valence-electron chi connectivity index (χ0n) is 15.2. The molecule has 0 spiro atoms. The summed E-state index contributed by atoms with van der Waals surface area (Å²) in [6.45, 7) is 8.50. The molecule has 0 aromatic rings. The van der Waals surface area contributed by atoms with Crippen molar-refractivity contribution in [2.24, 2.45) is 22.7 Å². The number of aliphatic hydroxyl groups is 3. The Kier molecular flexibility index (Phi) is 4.86. The van der Waals surface area contributed by atoms with Crippen LogP contribution in [0.25, 0.3) is 0 Å². The molecule has 1 saturated heterocycles. The summed E-state index contributed by atoms with van der Waals surface area (Å²) in [7, 11) is 0. The molecule has 0 unspecified atom stereocenters. The molecule has 0 bridgehead atoms. The van der Waals surface area contributed by atoms with Gasteiger partial charge in [0.2, 0.25) is 0 Å². The van der Waals surface area contributed by atoms with Crippen LogP contribution in [-0.2, 0) is 9.53 Å². The average molecular weight is 350 g/mol. The van der Waals surface area contributed by atoms with Gasteiger partial charge < -0.3 is 20.1 Å². The second-order valence-electron chi connectivity index (χ2n) is 8.54. The number of carbonyl (C=O) groups is 1. The second-order valence-corrected chi connectivity index (χ2v) is 8.54. The largest absolute Gasteiger partial charge is 0.459 e. The van der Waals surface area contributed by atoms with Gasteiger partial charge in [-0.25, -0.2) is 4.79 Å². The predicted octanol–water partition coefficient (Wildman–Crippen LogP) is 1.96. The van der Waals surface area contributed by atoms with Crippen LogP contribution < -0.4 is 0 Å². The lowest BCUT2D eigenvalue weighted by atomic mass is 9.46. The first kappa shape index (κ1) is 18.6. The third-order valence-corrected chi connectivity index (χ3v) is 7.23. The fourth-order valence-electron chi connectivity index (χ4n) is 5.56. The van der Waals surface area contributed by atoms with Gasteiger partial charge in [0.1, 0.15) is 12.7 Å². The molecule has 2 saturated carbocycles. The van der Waals surface area contributed by atoms with E-state index in [1.54, 1.807) is 0 Å². The molecule has 3 aliphatic rings. The first-order chi connectivity index (χ1) is 11.7. The summed E-state index contributed by atoms with van der Waals surface area (Å²) in [4.78, 5) is 11.8. The smallest absolute Gasteiger partial charge is 0.336 e. The summed E-state index contributed by atoms with van der Waals surface area (Å²) in [5.74, 6) is -0.0734. The minimum absolute atomic E-state index is 0.0280. The zero-order chi connectivity index (χ0) is 18.4. The normalized spacial score (nSPS) is 46.2. The summed E-state index contributed by atoms with van der Waals surface area (Å²) in [6, 6.07) is 0. The van der Waals surface area contributed by atoms with E-state index in [0.29, 0.717) is 18.4 Å². The molecule has 2 aliphatic carbocycles. The molecule has 140 valence electrons. The lowest BCUT2D eigenvalue weighted by molar-refractivity contribution is -0.151. The summed E-state index contributed by atoms with van der Waals surface area (Å²) < 4.78 is 4.90. The Labute approximate surface area is 149 Å². The molecular weight excluding hydrogens is 320 g/mol. The van der Waals surface area contributed by atoms with Crippen molar-refractivity contribution in [3.63, 3.8) is 0 Å². The third kappa shape index (κ3) is 2.86. The first-order valence-corrected chi connectivity index (χ1v) is 9.26. The number of hydrogen-bond donors (Lipinski definition) is 3. The van der Waals surface area contributed by atoms with Crippen LogP contribution in [0.5, 0.6) is 0 Å². The number of cyclic esters (lactones) is 1. The standard InChI is InChI=1S/C20H30O5/c1-12-4-7-16-19(2,9-8-17(23)20(16,3)11-21)14(12)6-5-13-15(22)10-25-18(13)24/h5,14-17,21-23H,1,4,6-11H2,2-3H3/b13-5-/t14-,15-,16-,17+,19+,20-/m0/s1. The summed E-state index contributed by atoms with van der Waals surface area (Å²) in [5.41, 5.74) is 0.911. The van der Waals surface area contributed by atoms with Gasteiger partial charge >= 0.3 is 5.97 Å². The summed E-state index contributed by atoms with van der Waals surface area (Å²) in [5, 5.41) is 30.4. The van der Waals surface area contributed by atoms with Crippen molar-refractivity contribution >= 4 is 5.97 Å². The molecular formula is C20H30O5. The molecule has 0 aromatic heterocycles. The number of rotatable bonds is 3. The number of fused-ring (bicyclic) bond motifs is 1. The number of aliphatic hydroxyl groups excluding tert-OH is 3. The van der Waals surface area contributed by atoms with E-state index in [1.807, 2.05) is 13.0 Å². The molecule has 3 rings (SSSR count). The van der Waals surface area contributed by atoms with Crippen LogP contribution in [0.3, 0.4) is 0 Å². The summed E-state index contributed by atoms with van der Waals surface area (Å²) in [6.07, 6.45) is 4.42. The molecule has 6 atom stereocenters. The van der Waals surface area contributed by atoms with E-state index in [1.165, 1.54) is 0 Å². The van der Waals surface area contributed by atoms with Gasteiger partial charge in [0, 0.05) is 5.41 Å². The maximum Gasteiger partial charge on any atom is 0.336 e. The van der Waals surface area contributed by atoms with E-state index in [4.69, 9.17) is 4.74 Å². The van der Waals surface area contributed by atoms with Crippen LogP contribution >= 0.6 is 0 Å². The fraction of sp³-hybridized carbons (Fsp3) is 0.750. The molecule has 0 radical (unpaired) electrons. The third-order valence-electron chi connectivity index (χ3n) is 7.23. The molecule has 25 heavy (non-hydrogen) atoms. The van der Waals surface area contributed by atoms with Crippen molar-refractivity contribution in [1.29, 1.82) is 0 Å². The zero-order valence-corrected chi connectivity index (χ0v) is 15.2. The van der Waals surface area contributed by atoms with E-state index >= 15 is 0 Å². The van der Waals surface area contributed by atoms with E-state index in [2.05, 4.69) is 13.5 Å². The van der Waals surface area contributed by atoms with Crippen LogP contribution in [0, 0.1) is 22.7 Å². The van der Waals surface area contributed by atoms with Crippen molar-refractivity contribution in [1.82, 2.24) is 0 Å². The predicted molar refractivity (Wildman–Crippen MR) is 93.6 cm³/mol. The Morgan fingerprint density at radius 2 is 2.04 bits per heavy atom. The van der Waals surface area contributed by atoms with E-state index in [9.17, 15) is 20.1 Å². The van der Waals surface area contributed by atoms with Gasteiger partial charge in [-0.3, -0.25) is 0 Å². The highest BCUT2D eigenvalue weighted by Crippen LogP contribution is 2.61. The second kappa shape index (κ2) is 6.53. The van der Waals surface area contributed by atoms with Gasteiger partial charge in [-0.2, -0.15) is 0 Å². The monoisotopic (exact) mass is 350 g/mol. The van der Waals surface area contributed by atoms with E-state index in [0.717, 1.165) is 24.8 Å². The van der Waals surface area contributed by atoms with Crippen molar-refractivity contribution in [3.8, 4) is 0 Å². The number of carbonyl (C=O) groups excluding carboxylic acids is 1. The lowest BCUT2D eigenvalue weighted by Crippen LogP contribution is -2.57. The Morgan fingerprint density at radius 1 is 1.32 bits per heavy atom. The average Bonchev–Trinajstić information content (AvgIpc) is 2.89. The van der Waals surface area contributed by atoms with E-state index < -0.39 is 23.6 Å². The van der Waals surface area contributed by atoms with E-state index in [-0.39, 0.29) is 30.5 Å². The SMILES string of the molecule is C=C1CC[C@@H]2[C@](C)(CO)[C@H](O)CC[C@]2(C)[C@H]1C/C=C1\C(=O)OC[C@@H]1O. The van der Waals surface area contributed by atoms with Gasteiger partial charge in [0.15, 0.2) is 0 Å². The quantitative estimate of drug-likeness (QED) is 0.411. The molecule has 3 N–H and O–H groups in total. The van der Waals surface area contributed by atoms with Crippen molar-refractivity contribution in [2.45, 2.75) is 58.2 Å². The Bertz CT molecular complexity index is 597. The molecule has 1 heterocycles. The number of allylic oxidation sites excluding steroid dienone is 2. The first-order valence-electron chi connectivity index (χ1n) is 9.26. The number of hydrogen-bond acceptors (Lipinski definition) is 5. The van der Waals surface area contributed by atoms with Crippen LogP contribution in [0.1, 0.15) is 46.0 Å². The Hall–Kier alpha value is -1.17. The highest BCUT2D eigenvalue weighted by atomic mass is 16.6. The maximum atomic E-state index is 11.8. The van der Waals surface area contributed by atoms with Gasteiger partial charge in [0.25, 0.3) is 0 Å². The Balaban J connectivity index is 1.89. The highest BCUT2D eigenvalue weighted by molar-refractivity contribution is 5.91. The van der Waals surface area contributed by atoms with Crippen LogP contribution in [0.2, 0.25) is 0 Å². The van der Waals surface area contributed by atoms with Gasteiger partial charge in [-0.15, -0.1) is 0 Å². The number of esters is 1. The van der Waals surface area contributed by atoms with Crippen molar-refractivity contribution < 1.29 is 24.9 Å². The van der Waals surface area contributed by atoms with Crippen molar-refractivity contribution in [2.75, 3.05) is 13.2 Å². The lowest BCUT2D eigenvalue weighted by Gasteiger charge is -2.59. The van der Waals surface area contributed by atoms with Crippen LogP contribution in [-0.4, -0.2) is 46.7 Å². The highest BCUT2D eigenvalue weighted by Gasteiger charge is 2.57. The molecule has 5 heteroatoms. The van der Waals surface area contributed by atoms with Gasteiger partial charge in [0.05, 0.1) is 18.3 Å². The molecule has 5 nitrogen and oxygen atoms in total. The molecule has 0 amide bonds. The fourth-order valence-corrected chi connectivity index (χ4v) is 5.56. The van der Waals surface area contributed by atoms with Gasteiger partial charge in [-0.1, -0.05) is 32.1 Å². The van der Waals surface area contributed by atoms with Gasteiger partial charge in [-0.05, 0) is 49.4 Å². The Morgan fingerprint density at radius 3 is 2.64 bits per heavy atom. The topological polar surface area (TPSA) is 87.0 Å². The van der Waals surface area contributed by atoms with Crippen molar-refractivity contribution in [3.05, 3.63) is 23.8 Å². The molecule has 3 fully saturated rings. The maximum absolute atomic E-state index is 11.8. The minimum atomic E-state index is -0.844. The minimum Gasteiger partial charge on any atom is -0.459 e. The summed E-state index contributed by atoms with van der Waals surface area (Å²) >= 11 is 0. The molecule has 1 aliphatic heterocycles. The number of ether oxygens (including phenoxy) is 1. The van der Waals surface area contributed by atoms with Crippen LogP contribution in [0.4, 0.5) is 0 Å². The molecule has 0 aromatic carbocycles.